The molecule has 0 saturated carbocycles. The molecule has 3 nitrogen and oxygen atoms in total. The van der Waals surface area contributed by atoms with Crippen LogP contribution in [0.3, 0.4) is 0 Å². The van der Waals surface area contributed by atoms with Crippen molar-refractivity contribution in [3.05, 3.63) is 42.2 Å². The van der Waals surface area contributed by atoms with Crippen LogP contribution in [0, 0.1) is 6.92 Å². The molecule has 0 atom stereocenters. The predicted molar refractivity (Wildman–Crippen MR) is 46.1 cm³/mol. The van der Waals surface area contributed by atoms with Crippen molar-refractivity contribution in [2.45, 2.75) is 6.92 Å². The summed E-state index contributed by atoms with van der Waals surface area (Å²) in [6, 6.07) is 8.13. The third-order valence-corrected chi connectivity index (χ3v) is 1.69. The van der Waals surface area contributed by atoms with E-state index < -0.39 is 0 Å². The number of hydrogen-bond donors (Lipinski definition) is 0. The molecule has 0 spiro atoms. The Hall–Kier alpha value is -1.64. The summed E-state index contributed by atoms with van der Waals surface area (Å²) in [5, 5.41) is 7.64. The van der Waals surface area contributed by atoms with E-state index in [1.54, 1.807) is 10.9 Å². The Labute approximate surface area is 70.6 Å². The molecule has 1 aromatic carbocycles. The van der Waals surface area contributed by atoms with Crippen molar-refractivity contribution in [2.24, 2.45) is 0 Å². The average molecular weight is 159 g/mol. The minimum Gasteiger partial charge on any atom is -0.221 e. The summed E-state index contributed by atoms with van der Waals surface area (Å²) in [5.41, 5.74) is 2.27. The molecule has 0 aliphatic rings. The van der Waals surface area contributed by atoms with E-state index in [-0.39, 0.29) is 0 Å². The normalized spacial score (nSPS) is 10.1. The quantitative estimate of drug-likeness (QED) is 0.632. The smallest absolute Gasteiger partial charge is 0.0697 e. The number of nitrogens with zero attached hydrogens (tertiary/aromatic N) is 3. The number of aromatic nitrogens is 3. The molecule has 3 heteroatoms. The Morgan fingerprint density at radius 3 is 2.92 bits per heavy atom. The van der Waals surface area contributed by atoms with Crippen LogP contribution in [-0.4, -0.2) is 15.0 Å². The first kappa shape index (κ1) is 7.03. The van der Waals surface area contributed by atoms with Crippen LogP contribution in [0.25, 0.3) is 5.69 Å². The molecule has 2 rings (SSSR count). The molecule has 0 amide bonds. The summed E-state index contributed by atoms with van der Waals surface area (Å²) >= 11 is 0. The van der Waals surface area contributed by atoms with Gasteiger partial charge in [-0.25, -0.2) is 4.68 Å². The van der Waals surface area contributed by atoms with Gasteiger partial charge in [-0.15, -0.1) is 5.10 Å². The summed E-state index contributed by atoms with van der Waals surface area (Å²) in [5.74, 6) is 0. The maximum atomic E-state index is 3.89. The van der Waals surface area contributed by atoms with Crippen LogP contribution in [0.2, 0.25) is 0 Å². The summed E-state index contributed by atoms with van der Waals surface area (Å²) < 4.78 is 1.74. The maximum absolute atomic E-state index is 3.89. The van der Waals surface area contributed by atoms with Gasteiger partial charge < -0.3 is 0 Å². The van der Waals surface area contributed by atoms with Gasteiger partial charge in [0.15, 0.2) is 0 Å². The number of benzene rings is 1. The first-order valence-electron chi connectivity index (χ1n) is 3.79. The van der Waals surface area contributed by atoms with Crippen LogP contribution in [0.1, 0.15) is 5.56 Å². The van der Waals surface area contributed by atoms with Gasteiger partial charge in [-0.1, -0.05) is 17.3 Å². The second-order valence-electron chi connectivity index (χ2n) is 2.69. The predicted octanol–water partition coefficient (Wildman–Crippen LogP) is 1.58. The largest absolute Gasteiger partial charge is 0.221 e. The third kappa shape index (κ3) is 1.21. The monoisotopic (exact) mass is 159 g/mol. The zero-order chi connectivity index (χ0) is 8.39. The molecule has 0 bridgehead atoms. The summed E-state index contributed by atoms with van der Waals surface area (Å²) in [7, 11) is 0. The standard InChI is InChI=1S/C9H9N3/c1-8-3-2-4-9(7-8)12-6-5-10-11-12/h2-7H,1H3. The van der Waals surface area contributed by atoms with Gasteiger partial charge in [0.2, 0.25) is 0 Å². The fourth-order valence-corrected chi connectivity index (χ4v) is 1.12. The Kier molecular flexibility index (Phi) is 1.63. The van der Waals surface area contributed by atoms with Crippen LogP contribution >= 0.6 is 0 Å². The lowest BCUT2D eigenvalue weighted by molar-refractivity contribution is 0.802. The van der Waals surface area contributed by atoms with E-state index in [0.717, 1.165) is 5.69 Å². The molecule has 60 valence electrons. The molecule has 0 N–H and O–H groups in total. The number of hydrogen-bond acceptors (Lipinski definition) is 2. The van der Waals surface area contributed by atoms with Gasteiger partial charge in [0.25, 0.3) is 0 Å². The Bertz CT molecular complexity index is 365. The van der Waals surface area contributed by atoms with Gasteiger partial charge in [0, 0.05) is 0 Å². The van der Waals surface area contributed by atoms with Crippen LogP contribution in [0.5, 0.6) is 0 Å². The SMILES string of the molecule is Cc1cccc(-n2ccnn2)c1. The van der Waals surface area contributed by atoms with Crippen LogP contribution in [0.15, 0.2) is 36.7 Å². The highest BCUT2D eigenvalue weighted by Gasteiger charge is 1.94. The second-order valence-corrected chi connectivity index (χ2v) is 2.69. The van der Waals surface area contributed by atoms with E-state index in [2.05, 4.69) is 29.4 Å². The van der Waals surface area contributed by atoms with Crippen molar-refractivity contribution in [1.82, 2.24) is 15.0 Å². The van der Waals surface area contributed by atoms with Crippen LogP contribution in [-0.2, 0) is 0 Å². The van der Waals surface area contributed by atoms with Crippen LogP contribution in [0.4, 0.5) is 0 Å². The summed E-state index contributed by atoms with van der Waals surface area (Å²) in [6.45, 7) is 2.06. The molecule has 2 aromatic rings. The van der Waals surface area contributed by atoms with Gasteiger partial charge in [-0.2, -0.15) is 0 Å². The highest BCUT2D eigenvalue weighted by molar-refractivity contribution is 5.33. The molecule has 1 aromatic heterocycles. The van der Waals surface area contributed by atoms with E-state index in [1.807, 2.05) is 18.3 Å². The fourth-order valence-electron chi connectivity index (χ4n) is 1.12. The van der Waals surface area contributed by atoms with Gasteiger partial charge in [0.1, 0.15) is 0 Å². The molecular weight excluding hydrogens is 150 g/mol. The van der Waals surface area contributed by atoms with E-state index in [9.17, 15) is 0 Å². The van der Waals surface area contributed by atoms with Crippen molar-refractivity contribution < 1.29 is 0 Å². The molecule has 0 aliphatic carbocycles. The topological polar surface area (TPSA) is 30.7 Å². The first-order chi connectivity index (χ1) is 5.86. The average Bonchev–Trinajstić information content (AvgIpc) is 2.56. The maximum Gasteiger partial charge on any atom is 0.0697 e. The number of aryl methyl sites for hydroxylation is 1. The van der Waals surface area contributed by atoms with Crippen molar-refractivity contribution in [2.75, 3.05) is 0 Å². The Morgan fingerprint density at radius 2 is 2.25 bits per heavy atom. The summed E-state index contributed by atoms with van der Waals surface area (Å²) in [4.78, 5) is 0. The fraction of sp³-hybridized carbons (Fsp3) is 0.111. The van der Waals surface area contributed by atoms with E-state index >= 15 is 0 Å². The Morgan fingerprint density at radius 1 is 1.33 bits per heavy atom. The Balaban J connectivity index is 2.48. The molecule has 12 heavy (non-hydrogen) atoms. The van der Waals surface area contributed by atoms with E-state index in [4.69, 9.17) is 0 Å². The third-order valence-electron chi connectivity index (χ3n) is 1.69. The van der Waals surface area contributed by atoms with Crippen LogP contribution < -0.4 is 0 Å². The molecule has 0 saturated heterocycles. The highest BCUT2D eigenvalue weighted by Crippen LogP contribution is 2.07. The molecule has 0 unspecified atom stereocenters. The lowest BCUT2D eigenvalue weighted by atomic mass is 10.2. The van der Waals surface area contributed by atoms with Gasteiger partial charge in [-0.3, -0.25) is 0 Å². The van der Waals surface area contributed by atoms with Crippen molar-refractivity contribution in [3.63, 3.8) is 0 Å². The lowest BCUT2D eigenvalue weighted by Gasteiger charge is -1.99. The molecule has 1 heterocycles. The van der Waals surface area contributed by atoms with E-state index in [0.29, 0.717) is 0 Å². The van der Waals surface area contributed by atoms with Crippen molar-refractivity contribution in [3.8, 4) is 5.69 Å². The summed E-state index contributed by atoms with van der Waals surface area (Å²) in [6.07, 6.45) is 3.50. The zero-order valence-electron chi connectivity index (χ0n) is 6.81. The molecular formula is C9H9N3. The van der Waals surface area contributed by atoms with Gasteiger partial charge >= 0.3 is 0 Å². The number of rotatable bonds is 1. The van der Waals surface area contributed by atoms with Gasteiger partial charge in [-0.05, 0) is 24.6 Å². The lowest BCUT2D eigenvalue weighted by Crippen LogP contribution is -1.94. The minimum absolute atomic E-state index is 1.05. The van der Waals surface area contributed by atoms with Crippen molar-refractivity contribution in [1.29, 1.82) is 0 Å². The minimum atomic E-state index is 1.05. The molecule has 0 radical (unpaired) electrons. The highest BCUT2D eigenvalue weighted by atomic mass is 15.4. The molecule has 0 fully saturated rings. The van der Waals surface area contributed by atoms with Crippen molar-refractivity contribution >= 4 is 0 Å². The zero-order valence-corrected chi connectivity index (χ0v) is 6.81. The first-order valence-corrected chi connectivity index (χ1v) is 3.79. The second kappa shape index (κ2) is 2.77. The van der Waals surface area contributed by atoms with E-state index in [1.165, 1.54) is 5.56 Å². The molecule has 0 aliphatic heterocycles. The van der Waals surface area contributed by atoms with Gasteiger partial charge in [0.05, 0.1) is 18.1 Å².